The number of nitrogens with zero attached hydrogens (tertiary/aromatic N) is 1. The third-order valence-electron chi connectivity index (χ3n) is 3.55. The molecule has 1 aliphatic rings. The van der Waals surface area contributed by atoms with E-state index in [9.17, 15) is 18.4 Å². The summed E-state index contributed by atoms with van der Waals surface area (Å²) in [5.41, 5.74) is 0.990. The highest BCUT2D eigenvalue weighted by atomic mass is 19.3. The normalized spacial score (nSPS) is 18.4. The topological polar surface area (TPSA) is 46.6 Å². The number of hydrogen-bond donors (Lipinski definition) is 0. The zero-order valence-corrected chi connectivity index (χ0v) is 12.4. The van der Waals surface area contributed by atoms with Gasteiger partial charge in [0, 0.05) is 12.8 Å². The lowest BCUT2D eigenvalue weighted by molar-refractivity contribution is -0.129. The SMILES string of the molecule is CC(F)(F)CCCC(=O)N1C(=O)OC[C@H]1Cc1ccccc1. The molecule has 4 nitrogen and oxygen atoms in total. The molecule has 0 saturated carbocycles. The summed E-state index contributed by atoms with van der Waals surface area (Å²) in [5.74, 6) is -3.25. The zero-order valence-electron chi connectivity index (χ0n) is 12.4. The molecule has 1 saturated heterocycles. The van der Waals surface area contributed by atoms with E-state index >= 15 is 0 Å². The first-order valence-corrected chi connectivity index (χ1v) is 7.27. The van der Waals surface area contributed by atoms with Gasteiger partial charge in [-0.05, 0) is 25.3 Å². The predicted molar refractivity (Wildman–Crippen MR) is 76.6 cm³/mol. The van der Waals surface area contributed by atoms with Crippen molar-refractivity contribution < 1.29 is 23.1 Å². The largest absolute Gasteiger partial charge is 0.447 e. The molecule has 1 heterocycles. The van der Waals surface area contributed by atoms with Crippen LogP contribution in [0.3, 0.4) is 0 Å². The minimum Gasteiger partial charge on any atom is -0.447 e. The Kier molecular flexibility index (Phi) is 5.11. The molecule has 0 unspecified atom stereocenters. The highest BCUT2D eigenvalue weighted by molar-refractivity contribution is 5.93. The van der Waals surface area contributed by atoms with Gasteiger partial charge in [-0.15, -0.1) is 0 Å². The molecule has 1 aromatic rings. The van der Waals surface area contributed by atoms with Gasteiger partial charge in [-0.3, -0.25) is 4.79 Å². The standard InChI is InChI=1S/C16H19F2NO3/c1-16(17,18)9-5-8-14(20)19-13(11-22-15(19)21)10-12-6-3-2-4-7-12/h2-4,6-7,13H,5,8-11H2,1H3/t13-/m1/s1. The lowest BCUT2D eigenvalue weighted by atomic mass is 10.1. The number of cyclic esters (lactones) is 1. The molecule has 1 aromatic carbocycles. The van der Waals surface area contributed by atoms with Crippen LogP contribution < -0.4 is 0 Å². The third-order valence-corrected chi connectivity index (χ3v) is 3.55. The fourth-order valence-electron chi connectivity index (χ4n) is 2.47. The van der Waals surface area contributed by atoms with Crippen molar-refractivity contribution in [3.8, 4) is 0 Å². The average molecular weight is 311 g/mol. The number of amides is 2. The minimum atomic E-state index is -2.80. The summed E-state index contributed by atoms with van der Waals surface area (Å²) in [6.45, 7) is 0.962. The van der Waals surface area contributed by atoms with Gasteiger partial charge in [0.2, 0.25) is 11.8 Å². The zero-order chi connectivity index (χ0) is 16.2. The maximum Gasteiger partial charge on any atom is 0.416 e. The second-order valence-corrected chi connectivity index (χ2v) is 5.61. The number of alkyl halides is 2. The van der Waals surface area contributed by atoms with Gasteiger partial charge in [0.15, 0.2) is 0 Å². The Morgan fingerprint density at radius 2 is 2.05 bits per heavy atom. The van der Waals surface area contributed by atoms with E-state index in [1.807, 2.05) is 30.3 Å². The number of benzene rings is 1. The molecule has 22 heavy (non-hydrogen) atoms. The molecular formula is C16H19F2NO3. The number of carbonyl (C=O) groups is 2. The van der Waals surface area contributed by atoms with Crippen molar-refractivity contribution in [3.05, 3.63) is 35.9 Å². The predicted octanol–water partition coefficient (Wildman–Crippen LogP) is 3.40. The Hall–Kier alpha value is -1.98. The molecule has 120 valence electrons. The summed E-state index contributed by atoms with van der Waals surface area (Å²) in [4.78, 5) is 24.9. The lowest BCUT2D eigenvalue weighted by Crippen LogP contribution is -2.40. The molecule has 0 spiro atoms. The highest BCUT2D eigenvalue weighted by Crippen LogP contribution is 2.22. The van der Waals surface area contributed by atoms with Gasteiger partial charge in [-0.2, -0.15) is 0 Å². The van der Waals surface area contributed by atoms with Crippen LogP contribution in [0.5, 0.6) is 0 Å². The van der Waals surface area contributed by atoms with E-state index < -0.39 is 17.9 Å². The van der Waals surface area contributed by atoms with Crippen LogP contribution in [0, 0.1) is 0 Å². The summed E-state index contributed by atoms with van der Waals surface area (Å²) in [7, 11) is 0. The Morgan fingerprint density at radius 3 is 2.68 bits per heavy atom. The molecule has 1 fully saturated rings. The summed E-state index contributed by atoms with van der Waals surface area (Å²) < 4.78 is 30.5. The van der Waals surface area contributed by atoms with Crippen LogP contribution >= 0.6 is 0 Å². The number of ether oxygens (including phenoxy) is 1. The van der Waals surface area contributed by atoms with Gasteiger partial charge in [0.05, 0.1) is 6.04 Å². The van der Waals surface area contributed by atoms with Crippen LogP contribution in [0.4, 0.5) is 13.6 Å². The van der Waals surface area contributed by atoms with E-state index in [1.54, 1.807) is 0 Å². The van der Waals surface area contributed by atoms with Gasteiger partial charge >= 0.3 is 6.09 Å². The van der Waals surface area contributed by atoms with Crippen molar-refractivity contribution in [1.29, 1.82) is 0 Å². The third kappa shape index (κ3) is 4.51. The molecule has 0 bridgehead atoms. The summed E-state index contributed by atoms with van der Waals surface area (Å²) >= 11 is 0. The first-order valence-electron chi connectivity index (χ1n) is 7.27. The van der Waals surface area contributed by atoms with E-state index in [2.05, 4.69) is 0 Å². The van der Waals surface area contributed by atoms with Crippen molar-refractivity contribution in [3.63, 3.8) is 0 Å². The van der Waals surface area contributed by atoms with E-state index in [-0.39, 0.29) is 31.9 Å². The van der Waals surface area contributed by atoms with Crippen LogP contribution in [0.25, 0.3) is 0 Å². The van der Waals surface area contributed by atoms with Crippen LogP contribution in [0.2, 0.25) is 0 Å². The number of hydrogen-bond acceptors (Lipinski definition) is 3. The highest BCUT2D eigenvalue weighted by Gasteiger charge is 2.37. The number of rotatable bonds is 6. The summed E-state index contributed by atoms with van der Waals surface area (Å²) in [6.07, 6.45) is -0.587. The molecule has 2 rings (SSSR count). The van der Waals surface area contributed by atoms with Gasteiger partial charge in [0.25, 0.3) is 0 Å². The summed E-state index contributed by atoms with van der Waals surface area (Å²) in [6, 6.07) is 9.08. The second-order valence-electron chi connectivity index (χ2n) is 5.61. The van der Waals surface area contributed by atoms with E-state index in [0.29, 0.717) is 6.42 Å². The smallest absolute Gasteiger partial charge is 0.416 e. The average Bonchev–Trinajstić information content (AvgIpc) is 2.79. The molecule has 0 aromatic heterocycles. The van der Waals surface area contributed by atoms with Crippen molar-refractivity contribution in [2.75, 3.05) is 6.61 Å². The van der Waals surface area contributed by atoms with E-state index in [4.69, 9.17) is 4.74 Å². The molecule has 0 aliphatic carbocycles. The van der Waals surface area contributed by atoms with Gasteiger partial charge in [0.1, 0.15) is 6.61 Å². The molecule has 0 radical (unpaired) electrons. The van der Waals surface area contributed by atoms with Crippen LogP contribution in [-0.2, 0) is 16.0 Å². The monoisotopic (exact) mass is 311 g/mol. The Bertz CT molecular complexity index is 528. The van der Waals surface area contributed by atoms with Crippen LogP contribution in [0.1, 0.15) is 31.7 Å². The van der Waals surface area contributed by atoms with Crippen molar-refractivity contribution in [2.45, 2.75) is 44.6 Å². The van der Waals surface area contributed by atoms with Gasteiger partial charge < -0.3 is 4.74 Å². The maximum absolute atomic E-state index is 12.8. The fraction of sp³-hybridized carbons (Fsp3) is 0.500. The number of halogens is 2. The number of imide groups is 1. The minimum absolute atomic E-state index is 0.0458. The van der Waals surface area contributed by atoms with Crippen molar-refractivity contribution in [2.24, 2.45) is 0 Å². The van der Waals surface area contributed by atoms with Crippen LogP contribution in [-0.4, -0.2) is 35.5 Å². The van der Waals surface area contributed by atoms with Gasteiger partial charge in [-0.1, -0.05) is 30.3 Å². The van der Waals surface area contributed by atoms with Crippen molar-refractivity contribution >= 4 is 12.0 Å². The van der Waals surface area contributed by atoms with Gasteiger partial charge in [-0.25, -0.2) is 18.5 Å². The Balaban J connectivity index is 1.94. The number of carbonyl (C=O) groups excluding carboxylic acids is 2. The Morgan fingerprint density at radius 1 is 1.36 bits per heavy atom. The lowest BCUT2D eigenvalue weighted by Gasteiger charge is -2.20. The Labute approximate surface area is 128 Å². The molecular weight excluding hydrogens is 292 g/mol. The molecule has 1 aliphatic heterocycles. The second kappa shape index (κ2) is 6.85. The molecule has 1 atom stereocenters. The van der Waals surface area contributed by atoms with E-state index in [0.717, 1.165) is 17.4 Å². The summed E-state index contributed by atoms with van der Waals surface area (Å²) in [5, 5.41) is 0. The first kappa shape index (κ1) is 16.4. The maximum atomic E-state index is 12.8. The fourth-order valence-corrected chi connectivity index (χ4v) is 2.47. The van der Waals surface area contributed by atoms with E-state index in [1.165, 1.54) is 0 Å². The van der Waals surface area contributed by atoms with Crippen molar-refractivity contribution in [1.82, 2.24) is 4.90 Å². The van der Waals surface area contributed by atoms with Crippen LogP contribution in [0.15, 0.2) is 30.3 Å². The molecule has 2 amide bonds. The molecule has 0 N–H and O–H groups in total. The quantitative estimate of drug-likeness (QED) is 0.809. The first-order chi connectivity index (χ1) is 10.4. The molecule has 6 heteroatoms.